The second kappa shape index (κ2) is 5.73. The molecule has 1 aliphatic carbocycles. The molecule has 3 fully saturated rings. The molecule has 1 spiro atoms. The third-order valence-electron chi connectivity index (χ3n) is 6.06. The first-order valence-corrected chi connectivity index (χ1v) is 8.62. The highest BCUT2D eigenvalue weighted by atomic mass is 16.5. The van der Waals surface area contributed by atoms with Gasteiger partial charge < -0.3 is 10.1 Å². The molecule has 3 aliphatic rings. The lowest BCUT2D eigenvalue weighted by atomic mass is 9.69. The Kier molecular flexibility index (Phi) is 4.19. The van der Waals surface area contributed by atoms with Crippen molar-refractivity contribution in [2.45, 2.75) is 88.7 Å². The van der Waals surface area contributed by atoms with E-state index in [2.05, 4.69) is 12.2 Å². The van der Waals surface area contributed by atoms with Gasteiger partial charge in [0.2, 0.25) is 0 Å². The first kappa shape index (κ1) is 13.9. The van der Waals surface area contributed by atoms with E-state index in [1.54, 1.807) is 0 Å². The topological polar surface area (TPSA) is 21.3 Å². The van der Waals surface area contributed by atoms with Gasteiger partial charge in [-0.25, -0.2) is 0 Å². The Bertz CT molecular complexity index is 282. The number of hydrogen-bond donors (Lipinski definition) is 1. The highest BCUT2D eigenvalue weighted by Gasteiger charge is 2.44. The van der Waals surface area contributed by atoms with Crippen LogP contribution < -0.4 is 5.32 Å². The van der Waals surface area contributed by atoms with Gasteiger partial charge in [0.05, 0.1) is 5.60 Å². The summed E-state index contributed by atoms with van der Waals surface area (Å²) in [5.74, 6) is 0.831. The van der Waals surface area contributed by atoms with Crippen LogP contribution in [0.25, 0.3) is 0 Å². The van der Waals surface area contributed by atoms with Gasteiger partial charge >= 0.3 is 0 Å². The van der Waals surface area contributed by atoms with Crippen LogP contribution in [-0.2, 0) is 4.74 Å². The quantitative estimate of drug-likeness (QED) is 0.772. The van der Waals surface area contributed by atoms with Crippen LogP contribution in [0.1, 0.15) is 77.6 Å². The fourth-order valence-corrected chi connectivity index (χ4v) is 4.72. The molecule has 2 aliphatic heterocycles. The van der Waals surface area contributed by atoms with E-state index < -0.39 is 0 Å². The zero-order valence-corrected chi connectivity index (χ0v) is 12.7. The Balaban J connectivity index is 1.69. The molecule has 2 nitrogen and oxygen atoms in total. The van der Waals surface area contributed by atoms with E-state index in [4.69, 9.17) is 4.74 Å². The predicted molar refractivity (Wildman–Crippen MR) is 79.4 cm³/mol. The number of hydrogen-bond acceptors (Lipinski definition) is 2. The highest BCUT2D eigenvalue weighted by molar-refractivity contribution is 4.99. The maximum absolute atomic E-state index is 6.28. The minimum atomic E-state index is 0.262. The van der Waals surface area contributed by atoms with E-state index in [0.717, 1.165) is 12.5 Å². The van der Waals surface area contributed by atoms with Gasteiger partial charge in [-0.1, -0.05) is 32.1 Å². The number of ether oxygens (including phenoxy) is 1. The molecular formula is C17H31NO. The summed E-state index contributed by atoms with van der Waals surface area (Å²) in [6.45, 7) is 4.72. The number of nitrogens with one attached hydrogen (secondary N) is 1. The molecule has 19 heavy (non-hydrogen) atoms. The van der Waals surface area contributed by atoms with Crippen LogP contribution in [0.3, 0.4) is 0 Å². The standard InChI is InChI=1S/C17H31NO/c1-16(9-4-3-7-12-18-16)15-8-13-19-17(14-15)10-5-2-6-11-17/h15,18H,2-14H2,1H3. The molecule has 2 heteroatoms. The normalized spacial score (nSPS) is 39.9. The van der Waals surface area contributed by atoms with Gasteiger partial charge in [-0.05, 0) is 57.9 Å². The Morgan fingerprint density at radius 1 is 0.947 bits per heavy atom. The minimum absolute atomic E-state index is 0.262. The summed E-state index contributed by atoms with van der Waals surface area (Å²) in [5.41, 5.74) is 0.642. The minimum Gasteiger partial charge on any atom is -0.375 e. The third-order valence-corrected chi connectivity index (χ3v) is 6.06. The lowest BCUT2D eigenvalue weighted by molar-refractivity contribution is -0.129. The Morgan fingerprint density at radius 3 is 2.53 bits per heavy atom. The van der Waals surface area contributed by atoms with Crippen LogP contribution in [0.5, 0.6) is 0 Å². The molecule has 1 saturated carbocycles. The number of rotatable bonds is 1. The molecule has 0 aromatic rings. The van der Waals surface area contributed by atoms with Crippen LogP contribution >= 0.6 is 0 Å². The van der Waals surface area contributed by atoms with E-state index >= 15 is 0 Å². The fourth-order valence-electron chi connectivity index (χ4n) is 4.72. The second-order valence-corrected chi connectivity index (χ2v) is 7.44. The summed E-state index contributed by atoms with van der Waals surface area (Å²) in [6.07, 6.45) is 15.0. The molecule has 2 atom stereocenters. The SMILES string of the molecule is CC1(C2CCOC3(CCCCC3)C2)CCCCCN1. The van der Waals surface area contributed by atoms with Crippen molar-refractivity contribution in [1.82, 2.24) is 5.32 Å². The maximum Gasteiger partial charge on any atom is 0.0685 e. The average Bonchev–Trinajstić information content (AvgIpc) is 2.66. The lowest BCUT2D eigenvalue weighted by Gasteiger charge is -2.49. The molecular weight excluding hydrogens is 234 g/mol. The van der Waals surface area contributed by atoms with Crippen LogP contribution in [-0.4, -0.2) is 24.3 Å². The zero-order valence-electron chi connectivity index (χ0n) is 12.7. The monoisotopic (exact) mass is 265 g/mol. The largest absolute Gasteiger partial charge is 0.375 e. The van der Waals surface area contributed by atoms with E-state index in [1.807, 2.05) is 0 Å². The van der Waals surface area contributed by atoms with Crippen LogP contribution in [0.15, 0.2) is 0 Å². The third kappa shape index (κ3) is 3.00. The summed E-state index contributed by atoms with van der Waals surface area (Å²) >= 11 is 0. The first-order valence-electron chi connectivity index (χ1n) is 8.62. The Hall–Kier alpha value is -0.0800. The van der Waals surface area contributed by atoms with E-state index in [9.17, 15) is 0 Å². The Morgan fingerprint density at radius 2 is 1.68 bits per heavy atom. The van der Waals surface area contributed by atoms with Gasteiger partial charge in [0, 0.05) is 12.1 Å². The summed E-state index contributed by atoms with van der Waals surface area (Å²) < 4.78 is 6.28. The van der Waals surface area contributed by atoms with Gasteiger partial charge in [0.15, 0.2) is 0 Å². The molecule has 0 aromatic heterocycles. The van der Waals surface area contributed by atoms with Crippen molar-refractivity contribution >= 4 is 0 Å². The van der Waals surface area contributed by atoms with Crippen molar-refractivity contribution in [3.8, 4) is 0 Å². The van der Waals surface area contributed by atoms with Crippen molar-refractivity contribution in [2.75, 3.05) is 13.2 Å². The molecule has 0 radical (unpaired) electrons. The van der Waals surface area contributed by atoms with Crippen molar-refractivity contribution in [3.63, 3.8) is 0 Å². The molecule has 2 unspecified atom stereocenters. The van der Waals surface area contributed by atoms with Crippen molar-refractivity contribution < 1.29 is 4.74 Å². The zero-order chi connectivity index (χ0) is 13.2. The molecule has 3 rings (SSSR count). The van der Waals surface area contributed by atoms with Crippen molar-refractivity contribution in [3.05, 3.63) is 0 Å². The van der Waals surface area contributed by atoms with Crippen LogP contribution in [0, 0.1) is 5.92 Å². The van der Waals surface area contributed by atoms with Crippen LogP contribution in [0.2, 0.25) is 0 Å². The first-order chi connectivity index (χ1) is 9.23. The van der Waals surface area contributed by atoms with E-state index in [0.29, 0.717) is 5.54 Å². The summed E-state index contributed by atoms with van der Waals surface area (Å²) in [7, 11) is 0. The summed E-state index contributed by atoms with van der Waals surface area (Å²) in [5, 5.41) is 3.89. The van der Waals surface area contributed by atoms with Gasteiger partial charge in [0.25, 0.3) is 0 Å². The molecule has 1 N–H and O–H groups in total. The molecule has 2 saturated heterocycles. The maximum atomic E-state index is 6.28. The summed E-state index contributed by atoms with van der Waals surface area (Å²) in [6, 6.07) is 0. The van der Waals surface area contributed by atoms with Crippen molar-refractivity contribution in [1.29, 1.82) is 0 Å². The summed E-state index contributed by atoms with van der Waals surface area (Å²) in [4.78, 5) is 0. The lowest BCUT2D eigenvalue weighted by Crippen LogP contribution is -2.54. The van der Waals surface area contributed by atoms with Gasteiger partial charge in [0.1, 0.15) is 0 Å². The molecule has 2 heterocycles. The smallest absolute Gasteiger partial charge is 0.0685 e. The molecule has 110 valence electrons. The molecule has 0 bridgehead atoms. The van der Waals surface area contributed by atoms with Crippen LogP contribution in [0.4, 0.5) is 0 Å². The van der Waals surface area contributed by atoms with Gasteiger partial charge in [-0.2, -0.15) is 0 Å². The van der Waals surface area contributed by atoms with Crippen molar-refractivity contribution in [2.24, 2.45) is 5.92 Å². The molecule has 0 aromatic carbocycles. The fraction of sp³-hybridized carbons (Fsp3) is 1.00. The average molecular weight is 265 g/mol. The second-order valence-electron chi connectivity index (χ2n) is 7.44. The van der Waals surface area contributed by atoms with E-state index in [1.165, 1.54) is 77.2 Å². The Labute approximate surface area is 118 Å². The van der Waals surface area contributed by atoms with Gasteiger partial charge in [-0.15, -0.1) is 0 Å². The molecule has 0 amide bonds. The van der Waals surface area contributed by atoms with Gasteiger partial charge in [-0.3, -0.25) is 0 Å². The highest BCUT2D eigenvalue weighted by Crippen LogP contribution is 2.45. The predicted octanol–water partition coefficient (Wildman–Crippen LogP) is 4.04. The van der Waals surface area contributed by atoms with E-state index in [-0.39, 0.29) is 5.60 Å².